The second-order valence-electron chi connectivity index (χ2n) is 6.67. The zero-order valence-corrected chi connectivity index (χ0v) is 17.3. The fourth-order valence-electron chi connectivity index (χ4n) is 2.71. The maximum Gasteiger partial charge on any atom is 0.191 e. The van der Waals surface area contributed by atoms with Crippen molar-refractivity contribution in [2.24, 2.45) is 4.99 Å². The quantitative estimate of drug-likeness (QED) is 0.509. The first kappa shape index (κ1) is 20.4. The Morgan fingerprint density at radius 2 is 2.04 bits per heavy atom. The summed E-state index contributed by atoms with van der Waals surface area (Å²) >= 11 is 1.73. The molecule has 2 aromatic heterocycles. The highest BCUT2D eigenvalue weighted by molar-refractivity contribution is 7.09. The summed E-state index contributed by atoms with van der Waals surface area (Å²) in [6.45, 7) is 10.1. The fraction of sp³-hybridized carbons (Fsp3) is 0.632. The zero-order chi connectivity index (χ0) is 18.9. The van der Waals surface area contributed by atoms with Crippen LogP contribution in [0, 0.1) is 0 Å². The topological polar surface area (TPSA) is 75.3 Å². The van der Waals surface area contributed by atoms with Gasteiger partial charge in [0.05, 0.1) is 22.9 Å². The van der Waals surface area contributed by atoms with Crippen LogP contribution in [0.5, 0.6) is 0 Å². The average molecular weight is 378 g/mol. The van der Waals surface area contributed by atoms with Gasteiger partial charge in [-0.1, -0.05) is 32.9 Å². The molecule has 0 fully saturated rings. The lowest BCUT2D eigenvalue weighted by atomic mass is 9.99. The molecule has 0 atom stereocenters. The van der Waals surface area contributed by atoms with Gasteiger partial charge in [0.1, 0.15) is 0 Å². The summed E-state index contributed by atoms with van der Waals surface area (Å²) in [6.07, 6.45) is 3.04. The largest absolute Gasteiger partial charge is 0.359 e. The first-order valence-electron chi connectivity index (χ1n) is 9.41. The van der Waals surface area contributed by atoms with Crippen LogP contribution in [-0.2, 0) is 13.0 Å². The average Bonchev–Trinajstić information content (AvgIpc) is 3.29. The van der Waals surface area contributed by atoms with Gasteiger partial charge >= 0.3 is 0 Å². The molecule has 0 saturated carbocycles. The highest BCUT2D eigenvalue weighted by Gasteiger charge is 2.13. The molecule has 0 aliphatic rings. The number of aliphatic imine (C=N–C) groups is 1. The van der Waals surface area contributed by atoms with Crippen molar-refractivity contribution < 1.29 is 4.52 Å². The molecule has 2 heterocycles. The fourth-order valence-corrected chi connectivity index (χ4v) is 3.58. The Morgan fingerprint density at radius 1 is 1.27 bits per heavy atom. The Hall–Kier alpha value is -1.89. The molecule has 0 amide bonds. The predicted molar refractivity (Wildman–Crippen MR) is 108 cm³/mol. The Morgan fingerprint density at radius 3 is 2.65 bits per heavy atom. The molecule has 2 N–H and O–H groups in total. The van der Waals surface area contributed by atoms with E-state index < -0.39 is 0 Å². The van der Waals surface area contributed by atoms with Crippen molar-refractivity contribution in [1.29, 1.82) is 0 Å². The molecule has 0 unspecified atom stereocenters. The summed E-state index contributed by atoms with van der Waals surface area (Å²) in [5.74, 6) is 2.54. The number of nitrogens with zero attached hydrogens (tertiary/aromatic N) is 3. The molecule has 6 nitrogen and oxygen atoms in total. The lowest BCUT2D eigenvalue weighted by molar-refractivity contribution is 0.368. The van der Waals surface area contributed by atoms with Gasteiger partial charge in [-0.25, -0.2) is 4.98 Å². The molecule has 0 spiro atoms. The van der Waals surface area contributed by atoms with Crippen molar-refractivity contribution in [3.8, 4) is 0 Å². The second kappa shape index (κ2) is 10.3. The van der Waals surface area contributed by atoms with Crippen molar-refractivity contribution in [2.75, 3.05) is 13.6 Å². The van der Waals surface area contributed by atoms with Gasteiger partial charge in [0, 0.05) is 43.3 Å². The molecule has 0 aliphatic heterocycles. The first-order chi connectivity index (χ1) is 12.6. The number of nitrogens with one attached hydrogen (secondary N) is 2. The molecule has 7 heteroatoms. The number of hydrogen-bond donors (Lipinski definition) is 2. The number of thiazole rings is 1. The van der Waals surface area contributed by atoms with Gasteiger partial charge in [0.15, 0.2) is 11.7 Å². The Balaban J connectivity index is 1.77. The highest BCUT2D eigenvalue weighted by Crippen LogP contribution is 2.22. The molecule has 2 rings (SSSR count). The van der Waals surface area contributed by atoms with Gasteiger partial charge in [-0.05, 0) is 12.8 Å². The summed E-state index contributed by atoms with van der Waals surface area (Å²) in [5.41, 5.74) is 2.17. The summed E-state index contributed by atoms with van der Waals surface area (Å²) in [6, 6.07) is 2.04. The van der Waals surface area contributed by atoms with Gasteiger partial charge in [-0.2, -0.15) is 0 Å². The van der Waals surface area contributed by atoms with Crippen LogP contribution in [0.4, 0.5) is 0 Å². The summed E-state index contributed by atoms with van der Waals surface area (Å²) in [7, 11) is 1.77. The number of guanidine groups is 1. The molecule has 0 bridgehead atoms. The third kappa shape index (κ3) is 5.83. The van der Waals surface area contributed by atoms with Gasteiger partial charge in [-0.15, -0.1) is 11.3 Å². The van der Waals surface area contributed by atoms with Crippen molar-refractivity contribution in [3.05, 3.63) is 33.6 Å². The lowest BCUT2D eigenvalue weighted by Crippen LogP contribution is -2.37. The molecule has 26 heavy (non-hydrogen) atoms. The number of hydrogen-bond acceptors (Lipinski definition) is 5. The molecule has 144 valence electrons. The smallest absolute Gasteiger partial charge is 0.191 e. The molecule has 0 radical (unpaired) electrons. The SMILES string of the molecule is CCC(CC)c1cc(CNC(=NC)NCCc2csc(C(C)C)n2)on1. The maximum atomic E-state index is 5.44. The zero-order valence-electron chi connectivity index (χ0n) is 16.5. The minimum Gasteiger partial charge on any atom is -0.359 e. The van der Waals surface area contributed by atoms with Crippen LogP contribution in [-0.4, -0.2) is 29.7 Å². The highest BCUT2D eigenvalue weighted by atomic mass is 32.1. The number of aromatic nitrogens is 2. The minimum atomic E-state index is 0.471. The summed E-state index contributed by atoms with van der Waals surface area (Å²) < 4.78 is 5.44. The first-order valence-corrected chi connectivity index (χ1v) is 10.3. The second-order valence-corrected chi connectivity index (χ2v) is 7.56. The van der Waals surface area contributed by atoms with E-state index >= 15 is 0 Å². The Bertz CT molecular complexity index is 688. The van der Waals surface area contributed by atoms with Gasteiger partial charge in [0.2, 0.25) is 0 Å². The van der Waals surface area contributed by atoms with Crippen LogP contribution < -0.4 is 10.6 Å². The van der Waals surface area contributed by atoms with E-state index in [2.05, 4.69) is 58.8 Å². The minimum absolute atomic E-state index is 0.471. The van der Waals surface area contributed by atoms with E-state index in [9.17, 15) is 0 Å². The van der Waals surface area contributed by atoms with E-state index in [1.165, 1.54) is 5.01 Å². The molecular weight excluding hydrogens is 346 g/mol. The predicted octanol–water partition coefficient (Wildman–Crippen LogP) is 4.07. The maximum absolute atomic E-state index is 5.44. The van der Waals surface area contributed by atoms with Gasteiger partial charge in [-0.3, -0.25) is 4.99 Å². The lowest BCUT2D eigenvalue weighted by Gasteiger charge is -2.10. The molecule has 0 aliphatic carbocycles. The van der Waals surface area contributed by atoms with Gasteiger partial charge in [0.25, 0.3) is 0 Å². The van der Waals surface area contributed by atoms with E-state index in [1.807, 2.05) is 6.07 Å². The van der Waals surface area contributed by atoms with Crippen LogP contribution in [0.3, 0.4) is 0 Å². The van der Waals surface area contributed by atoms with E-state index in [1.54, 1.807) is 18.4 Å². The molecule has 0 saturated heterocycles. The third-order valence-electron chi connectivity index (χ3n) is 4.37. The van der Waals surface area contributed by atoms with E-state index in [-0.39, 0.29) is 0 Å². The number of rotatable bonds is 9. The van der Waals surface area contributed by atoms with Crippen molar-refractivity contribution in [1.82, 2.24) is 20.8 Å². The van der Waals surface area contributed by atoms with Gasteiger partial charge < -0.3 is 15.2 Å². The van der Waals surface area contributed by atoms with Crippen LogP contribution in [0.25, 0.3) is 0 Å². The van der Waals surface area contributed by atoms with Crippen molar-refractivity contribution >= 4 is 17.3 Å². The summed E-state index contributed by atoms with van der Waals surface area (Å²) in [4.78, 5) is 8.91. The molecular formula is C19H31N5OS. The Kier molecular flexibility index (Phi) is 8.09. The molecule has 0 aromatic carbocycles. The van der Waals surface area contributed by atoms with Crippen LogP contribution in [0.2, 0.25) is 0 Å². The van der Waals surface area contributed by atoms with E-state index in [0.29, 0.717) is 18.4 Å². The van der Waals surface area contributed by atoms with Crippen LogP contribution >= 0.6 is 11.3 Å². The molecule has 2 aromatic rings. The van der Waals surface area contributed by atoms with Crippen molar-refractivity contribution in [3.63, 3.8) is 0 Å². The van der Waals surface area contributed by atoms with Crippen LogP contribution in [0.15, 0.2) is 21.0 Å². The van der Waals surface area contributed by atoms with E-state index in [0.717, 1.165) is 48.9 Å². The summed E-state index contributed by atoms with van der Waals surface area (Å²) in [5, 5.41) is 14.1. The standard InChI is InChI=1S/C19H31N5OS/c1-6-14(7-2)17-10-16(25-24-17)11-22-19(20-5)21-9-8-15-12-26-18(23-15)13(3)4/h10,12-14H,6-9,11H2,1-5H3,(H2,20,21,22). The normalized spacial score (nSPS) is 12.2. The van der Waals surface area contributed by atoms with E-state index in [4.69, 9.17) is 4.52 Å². The Labute approximate surface area is 160 Å². The third-order valence-corrected chi connectivity index (χ3v) is 5.57. The van der Waals surface area contributed by atoms with Crippen LogP contribution in [0.1, 0.15) is 74.5 Å². The van der Waals surface area contributed by atoms with Crippen molar-refractivity contribution in [2.45, 2.75) is 65.3 Å². The monoisotopic (exact) mass is 377 g/mol.